The van der Waals surface area contributed by atoms with E-state index in [0.29, 0.717) is 28.4 Å². The van der Waals surface area contributed by atoms with Gasteiger partial charge < -0.3 is 11.1 Å². The van der Waals surface area contributed by atoms with Crippen molar-refractivity contribution in [1.29, 1.82) is 0 Å². The molecule has 0 radical (unpaired) electrons. The summed E-state index contributed by atoms with van der Waals surface area (Å²) in [5.74, 6) is 0.687. The molecule has 0 aromatic carbocycles. The van der Waals surface area contributed by atoms with Crippen molar-refractivity contribution in [2.45, 2.75) is 19.9 Å². The topological polar surface area (TPSA) is 134 Å². The Morgan fingerprint density at radius 3 is 2.81 bits per heavy atom. The van der Waals surface area contributed by atoms with Crippen LogP contribution in [0.15, 0.2) is 40.6 Å². The Balaban J connectivity index is 1.74. The average Bonchev–Trinajstić information content (AvgIpc) is 3.26. The normalized spacial score (nSPS) is 11.8. The zero-order valence-corrected chi connectivity index (χ0v) is 16.6. The number of nitrogens with zero attached hydrogens (tertiary/aromatic N) is 8. The summed E-state index contributed by atoms with van der Waals surface area (Å²) < 4.78 is 29.0. The number of aliphatic imine (C=N–C) groups is 1. The van der Waals surface area contributed by atoms with Crippen molar-refractivity contribution in [2.24, 2.45) is 17.8 Å². The van der Waals surface area contributed by atoms with E-state index in [1.165, 1.54) is 27.7 Å². The third kappa shape index (κ3) is 3.84. The van der Waals surface area contributed by atoms with Crippen molar-refractivity contribution in [3.05, 3.63) is 46.9 Å². The van der Waals surface area contributed by atoms with Crippen LogP contribution in [0.25, 0.3) is 16.9 Å². The Morgan fingerprint density at radius 1 is 1.29 bits per heavy atom. The molecule has 4 heterocycles. The zero-order chi connectivity index (χ0) is 22.1. The highest BCUT2D eigenvalue weighted by Crippen LogP contribution is 2.22. The minimum absolute atomic E-state index is 0.229. The number of hydrogen-bond acceptors (Lipinski definition) is 7. The van der Waals surface area contributed by atoms with Gasteiger partial charge in [0.15, 0.2) is 11.5 Å². The lowest BCUT2D eigenvalue weighted by atomic mass is 10.2. The highest BCUT2D eigenvalue weighted by atomic mass is 19.3. The van der Waals surface area contributed by atoms with Crippen LogP contribution in [-0.4, -0.2) is 46.6 Å². The summed E-state index contributed by atoms with van der Waals surface area (Å²) in [6.45, 7) is 1.28. The van der Waals surface area contributed by atoms with Crippen LogP contribution in [0, 0.1) is 6.92 Å². The highest BCUT2D eigenvalue weighted by Gasteiger charge is 2.17. The lowest BCUT2D eigenvalue weighted by Crippen LogP contribution is -2.20. The molecule has 0 saturated carbocycles. The number of hydrogen-bond donors (Lipinski definition) is 2. The molecule has 0 amide bonds. The predicted molar refractivity (Wildman–Crippen MR) is 110 cm³/mol. The zero-order valence-electron chi connectivity index (χ0n) is 16.6. The van der Waals surface area contributed by atoms with Gasteiger partial charge in [0.1, 0.15) is 12.1 Å². The Hall–Kier alpha value is -4.16. The van der Waals surface area contributed by atoms with Crippen LogP contribution in [0.1, 0.15) is 5.56 Å². The van der Waals surface area contributed by atoms with Crippen LogP contribution in [0.2, 0.25) is 0 Å². The van der Waals surface area contributed by atoms with Gasteiger partial charge in [-0.25, -0.2) is 33.1 Å². The first-order valence-corrected chi connectivity index (χ1v) is 9.10. The highest BCUT2D eigenvalue weighted by molar-refractivity contribution is 5.75. The number of nitrogens with two attached hydrogens (primary N) is 1. The van der Waals surface area contributed by atoms with E-state index in [1.54, 1.807) is 19.3 Å². The minimum Gasteiger partial charge on any atom is -0.390 e. The van der Waals surface area contributed by atoms with Crippen LogP contribution >= 0.6 is 0 Å². The summed E-state index contributed by atoms with van der Waals surface area (Å²) >= 11 is 0. The third-order valence-corrected chi connectivity index (χ3v) is 4.55. The molecule has 0 unspecified atom stereocenters. The summed E-state index contributed by atoms with van der Waals surface area (Å²) in [7, 11) is 1.58. The van der Waals surface area contributed by atoms with E-state index in [0.717, 1.165) is 16.6 Å². The molecule has 0 aliphatic carbocycles. The molecule has 0 saturated heterocycles. The first-order valence-electron chi connectivity index (χ1n) is 9.10. The molecule has 0 spiro atoms. The molecule has 0 aliphatic rings. The molecule has 160 valence electrons. The quantitative estimate of drug-likeness (QED) is 0.352. The maximum Gasteiger partial charge on any atom is 0.334 e. The predicted octanol–water partition coefficient (Wildman–Crippen LogP) is 1.65. The minimum atomic E-state index is -2.56. The molecule has 3 N–H and O–H groups in total. The van der Waals surface area contributed by atoms with E-state index in [2.05, 4.69) is 30.4 Å². The van der Waals surface area contributed by atoms with Gasteiger partial charge in [-0.15, -0.1) is 0 Å². The Kier molecular flexibility index (Phi) is 5.15. The number of rotatable bonds is 6. The maximum absolute atomic E-state index is 12.8. The van der Waals surface area contributed by atoms with Crippen molar-refractivity contribution in [3.63, 3.8) is 0 Å². The fraction of sp³-hybridized carbons (Fsp3) is 0.222. The fourth-order valence-corrected chi connectivity index (χ4v) is 3.05. The molecular formula is C18H18F2N10O. The second kappa shape index (κ2) is 7.93. The number of pyridine rings is 1. The van der Waals surface area contributed by atoms with E-state index in [-0.39, 0.29) is 5.95 Å². The number of aromatic nitrogens is 7. The van der Waals surface area contributed by atoms with Crippen molar-refractivity contribution in [2.75, 3.05) is 5.32 Å². The number of alkyl halides is 2. The first-order chi connectivity index (χ1) is 14.9. The Morgan fingerprint density at radius 2 is 2.10 bits per heavy atom. The van der Waals surface area contributed by atoms with Crippen LogP contribution in [0.5, 0.6) is 0 Å². The number of anilines is 2. The lowest BCUT2D eigenvalue weighted by Gasteiger charge is -2.08. The van der Waals surface area contributed by atoms with E-state index in [9.17, 15) is 13.6 Å². The van der Waals surface area contributed by atoms with Gasteiger partial charge in [-0.05, 0) is 18.6 Å². The molecule has 0 aliphatic heterocycles. The van der Waals surface area contributed by atoms with Gasteiger partial charge in [0.2, 0.25) is 5.95 Å². The Labute approximate surface area is 173 Å². The first kappa shape index (κ1) is 20.1. The van der Waals surface area contributed by atoms with Gasteiger partial charge in [0, 0.05) is 13.2 Å². The maximum atomic E-state index is 12.8. The van der Waals surface area contributed by atoms with Gasteiger partial charge in [0.25, 0.3) is 6.43 Å². The third-order valence-electron chi connectivity index (χ3n) is 4.55. The molecule has 31 heavy (non-hydrogen) atoms. The van der Waals surface area contributed by atoms with Crippen LogP contribution in [-0.2, 0) is 13.6 Å². The van der Waals surface area contributed by atoms with Crippen molar-refractivity contribution < 1.29 is 8.78 Å². The second-order valence-corrected chi connectivity index (χ2v) is 6.65. The van der Waals surface area contributed by atoms with E-state index in [1.807, 2.05) is 6.92 Å². The van der Waals surface area contributed by atoms with Crippen LogP contribution < -0.4 is 16.7 Å². The van der Waals surface area contributed by atoms with Crippen LogP contribution in [0.3, 0.4) is 0 Å². The van der Waals surface area contributed by atoms with Gasteiger partial charge in [0.05, 0.1) is 36.3 Å². The van der Waals surface area contributed by atoms with Gasteiger partial charge >= 0.3 is 5.69 Å². The largest absolute Gasteiger partial charge is 0.390 e. The molecule has 4 aromatic rings. The smallest absolute Gasteiger partial charge is 0.334 e. The van der Waals surface area contributed by atoms with Crippen molar-refractivity contribution >= 4 is 35.0 Å². The van der Waals surface area contributed by atoms with Gasteiger partial charge in [-0.1, -0.05) is 0 Å². The molecule has 13 heteroatoms. The molecule has 0 fully saturated rings. The van der Waals surface area contributed by atoms with E-state index < -0.39 is 18.7 Å². The van der Waals surface area contributed by atoms with E-state index in [4.69, 9.17) is 5.73 Å². The van der Waals surface area contributed by atoms with Gasteiger partial charge in [-0.2, -0.15) is 10.1 Å². The number of imidazole rings is 1. The summed E-state index contributed by atoms with van der Waals surface area (Å²) in [5, 5.41) is 6.95. The molecule has 4 aromatic heterocycles. The number of halogens is 2. The van der Waals surface area contributed by atoms with Crippen molar-refractivity contribution in [3.8, 4) is 5.69 Å². The van der Waals surface area contributed by atoms with E-state index >= 15 is 0 Å². The summed E-state index contributed by atoms with van der Waals surface area (Å²) in [6.07, 6.45) is 4.37. The van der Waals surface area contributed by atoms with Gasteiger partial charge in [-0.3, -0.25) is 9.25 Å². The average molecular weight is 428 g/mol. The lowest BCUT2D eigenvalue weighted by molar-refractivity contribution is 0.122. The number of aryl methyl sites for hydroxylation is 2. The standard InChI is InChI=1S/C18H18F2N10O/c1-10-3-15(24-9-21)22-5-12(10)26-17-23-6-13-16(27-17)30(18(31)28(13)2)11-4-25-29(7-11)8-14(19)20/h3-7,9,14H,8H2,1-2H3,(H2,21,22,24)(H,23,26,27). The molecule has 0 bridgehead atoms. The molecule has 4 rings (SSSR count). The van der Waals surface area contributed by atoms with Crippen molar-refractivity contribution in [1.82, 2.24) is 33.9 Å². The fourth-order valence-electron chi connectivity index (χ4n) is 3.05. The molecule has 0 atom stereocenters. The second-order valence-electron chi connectivity index (χ2n) is 6.65. The summed E-state index contributed by atoms with van der Waals surface area (Å²) in [4.78, 5) is 29.6. The molecule has 11 nitrogen and oxygen atoms in total. The molecular weight excluding hydrogens is 410 g/mol. The Bertz CT molecular complexity index is 1340. The summed E-state index contributed by atoms with van der Waals surface area (Å²) in [6, 6.07) is 1.74. The van der Waals surface area contributed by atoms with Crippen LogP contribution in [0.4, 0.5) is 26.2 Å². The number of fused-ring (bicyclic) bond motifs is 1. The monoisotopic (exact) mass is 428 g/mol. The summed E-state index contributed by atoms with van der Waals surface area (Å²) in [5.41, 5.74) is 7.45. The number of nitrogens with one attached hydrogen (secondary N) is 1. The SMILES string of the molecule is Cc1cc(N=CN)ncc1Nc1ncc2c(n1)n(-c1cnn(CC(F)F)c1)c(=O)n2C.